The van der Waals surface area contributed by atoms with E-state index in [9.17, 15) is 9.59 Å². The molecule has 0 spiro atoms. The van der Waals surface area contributed by atoms with E-state index in [1.54, 1.807) is 6.07 Å². The average Bonchev–Trinajstić information content (AvgIpc) is 2.87. The van der Waals surface area contributed by atoms with Crippen LogP contribution in [0.25, 0.3) is 0 Å². The molecule has 2 N–H and O–H groups in total. The van der Waals surface area contributed by atoms with Crippen molar-refractivity contribution in [1.82, 2.24) is 5.32 Å². The molecule has 1 aromatic rings. The monoisotopic (exact) mass is 331 g/mol. The number of rotatable bonds is 4. The van der Waals surface area contributed by atoms with Gasteiger partial charge in [0.25, 0.3) is 5.91 Å². The van der Waals surface area contributed by atoms with Gasteiger partial charge in [0.1, 0.15) is 0 Å². The predicted molar refractivity (Wildman–Crippen MR) is 72.9 cm³/mol. The largest absolute Gasteiger partial charge is 0.481 e. The lowest BCUT2D eigenvalue weighted by atomic mass is 9.93. The van der Waals surface area contributed by atoms with E-state index in [0.717, 1.165) is 30.2 Å². The predicted octanol–water partition coefficient (Wildman–Crippen LogP) is 3.03. The van der Waals surface area contributed by atoms with E-state index in [2.05, 4.69) is 21.2 Å². The normalized spacial score (nSPS) is 17.6. The van der Waals surface area contributed by atoms with Crippen LogP contribution in [0.3, 0.4) is 0 Å². The van der Waals surface area contributed by atoms with Gasteiger partial charge < -0.3 is 10.4 Å². The molecule has 1 aliphatic rings. The fraction of sp³-hybridized carbons (Fsp3) is 0.500. The van der Waals surface area contributed by atoms with Gasteiger partial charge in [-0.25, -0.2) is 0 Å². The third-order valence-corrected chi connectivity index (χ3v) is 4.91. The van der Waals surface area contributed by atoms with Crippen molar-refractivity contribution < 1.29 is 14.7 Å². The average molecular weight is 332 g/mol. The number of carboxylic acid groups (broad SMARTS) is 1. The molecule has 98 valence electrons. The van der Waals surface area contributed by atoms with Crippen molar-refractivity contribution in [2.24, 2.45) is 0 Å². The minimum absolute atomic E-state index is 0.00524. The van der Waals surface area contributed by atoms with E-state index in [-0.39, 0.29) is 12.3 Å². The number of carboxylic acids is 1. The van der Waals surface area contributed by atoms with Crippen LogP contribution < -0.4 is 5.32 Å². The maximum Gasteiger partial charge on any atom is 0.305 e. The fourth-order valence-corrected chi connectivity index (χ4v) is 3.74. The Labute approximate surface area is 118 Å². The first kappa shape index (κ1) is 13.5. The number of aliphatic carboxylic acids is 1. The van der Waals surface area contributed by atoms with E-state index in [1.165, 1.54) is 11.3 Å². The number of amides is 1. The molecule has 1 aliphatic carbocycles. The summed E-state index contributed by atoms with van der Waals surface area (Å²) in [5.74, 6) is -1.03. The maximum atomic E-state index is 12.1. The molecule has 1 saturated carbocycles. The van der Waals surface area contributed by atoms with Crippen LogP contribution in [0.2, 0.25) is 0 Å². The van der Waals surface area contributed by atoms with Gasteiger partial charge in [-0.05, 0) is 34.8 Å². The summed E-state index contributed by atoms with van der Waals surface area (Å²) in [4.78, 5) is 23.6. The van der Waals surface area contributed by atoms with Gasteiger partial charge in [0.15, 0.2) is 0 Å². The van der Waals surface area contributed by atoms with Gasteiger partial charge in [0.2, 0.25) is 0 Å². The summed E-state index contributed by atoms with van der Waals surface area (Å²) in [6, 6.07) is 1.75. The van der Waals surface area contributed by atoms with Crippen molar-refractivity contribution in [3.63, 3.8) is 0 Å². The summed E-state index contributed by atoms with van der Waals surface area (Å²) >= 11 is 4.66. The number of hydrogen-bond donors (Lipinski definition) is 2. The van der Waals surface area contributed by atoms with E-state index in [4.69, 9.17) is 5.11 Å². The molecule has 18 heavy (non-hydrogen) atoms. The Balaban J connectivity index is 2.09. The van der Waals surface area contributed by atoms with Crippen LogP contribution in [-0.2, 0) is 4.79 Å². The van der Waals surface area contributed by atoms with Crippen LogP contribution >= 0.6 is 27.3 Å². The van der Waals surface area contributed by atoms with Crippen LogP contribution in [0, 0.1) is 0 Å². The standard InChI is InChI=1S/C12H14BrNO3S/c13-8-5-9(18-7-8)11(17)14-12(6-10(15)16)3-1-2-4-12/h5,7H,1-4,6H2,(H,14,17)(H,15,16). The van der Waals surface area contributed by atoms with Crippen LogP contribution in [0.1, 0.15) is 41.8 Å². The molecule has 1 fully saturated rings. The Kier molecular flexibility index (Phi) is 4.07. The summed E-state index contributed by atoms with van der Waals surface area (Å²) < 4.78 is 0.872. The van der Waals surface area contributed by atoms with Crippen molar-refractivity contribution in [1.29, 1.82) is 0 Å². The lowest BCUT2D eigenvalue weighted by Gasteiger charge is -2.28. The zero-order valence-electron chi connectivity index (χ0n) is 9.74. The molecule has 0 aliphatic heterocycles. The summed E-state index contributed by atoms with van der Waals surface area (Å²) in [5, 5.41) is 13.7. The third-order valence-electron chi connectivity index (χ3n) is 3.22. The molecule has 0 bridgehead atoms. The molecule has 6 heteroatoms. The quantitative estimate of drug-likeness (QED) is 0.891. The summed E-state index contributed by atoms with van der Waals surface area (Å²) in [6.07, 6.45) is 3.45. The molecule has 4 nitrogen and oxygen atoms in total. The lowest BCUT2D eigenvalue weighted by Crippen LogP contribution is -2.47. The number of nitrogens with one attached hydrogen (secondary N) is 1. The van der Waals surface area contributed by atoms with E-state index in [1.807, 2.05) is 5.38 Å². The second-order valence-corrected chi connectivity index (χ2v) is 6.47. The topological polar surface area (TPSA) is 66.4 Å². The SMILES string of the molecule is O=C(O)CC1(NC(=O)c2cc(Br)cs2)CCCC1. The third kappa shape index (κ3) is 3.11. The Hall–Kier alpha value is -0.880. The van der Waals surface area contributed by atoms with Gasteiger partial charge in [-0.15, -0.1) is 11.3 Å². The fourth-order valence-electron chi connectivity index (χ4n) is 2.42. The van der Waals surface area contributed by atoms with E-state index in [0.29, 0.717) is 4.88 Å². The Morgan fingerprint density at radius 2 is 2.11 bits per heavy atom. The van der Waals surface area contributed by atoms with Crippen molar-refractivity contribution in [3.05, 3.63) is 20.8 Å². The van der Waals surface area contributed by atoms with Gasteiger partial charge in [0.05, 0.1) is 16.8 Å². The van der Waals surface area contributed by atoms with Crippen LogP contribution in [0.15, 0.2) is 15.9 Å². The van der Waals surface area contributed by atoms with Crippen molar-refractivity contribution in [2.75, 3.05) is 0 Å². The Bertz CT molecular complexity index is 466. The highest BCUT2D eigenvalue weighted by Crippen LogP contribution is 2.33. The first-order chi connectivity index (χ1) is 8.51. The highest BCUT2D eigenvalue weighted by molar-refractivity contribution is 9.10. The van der Waals surface area contributed by atoms with Crippen molar-refractivity contribution in [3.8, 4) is 0 Å². The van der Waals surface area contributed by atoms with E-state index >= 15 is 0 Å². The number of hydrogen-bond acceptors (Lipinski definition) is 3. The molecular weight excluding hydrogens is 318 g/mol. The van der Waals surface area contributed by atoms with Gasteiger partial charge in [0, 0.05) is 9.85 Å². The van der Waals surface area contributed by atoms with Crippen LogP contribution in [0.4, 0.5) is 0 Å². The molecule has 0 atom stereocenters. The zero-order valence-corrected chi connectivity index (χ0v) is 12.1. The summed E-state index contributed by atoms with van der Waals surface area (Å²) in [7, 11) is 0. The van der Waals surface area contributed by atoms with Gasteiger partial charge >= 0.3 is 5.97 Å². The second-order valence-electron chi connectivity index (χ2n) is 4.64. The maximum absolute atomic E-state index is 12.1. The van der Waals surface area contributed by atoms with Gasteiger partial charge in [-0.2, -0.15) is 0 Å². The molecule has 1 amide bonds. The number of thiophene rings is 1. The molecule has 0 unspecified atom stereocenters. The van der Waals surface area contributed by atoms with Gasteiger partial charge in [-0.1, -0.05) is 12.8 Å². The highest BCUT2D eigenvalue weighted by Gasteiger charge is 2.37. The Morgan fingerprint density at radius 1 is 1.44 bits per heavy atom. The summed E-state index contributed by atoms with van der Waals surface area (Å²) in [6.45, 7) is 0. The zero-order chi connectivity index (χ0) is 13.2. The molecule has 1 aromatic heterocycles. The molecule has 1 heterocycles. The van der Waals surface area contributed by atoms with Crippen molar-refractivity contribution >= 4 is 39.1 Å². The lowest BCUT2D eigenvalue weighted by molar-refractivity contribution is -0.138. The van der Waals surface area contributed by atoms with Crippen molar-refractivity contribution in [2.45, 2.75) is 37.6 Å². The number of carbonyl (C=O) groups is 2. The molecular formula is C12H14BrNO3S. The Morgan fingerprint density at radius 3 is 2.61 bits per heavy atom. The molecule has 2 rings (SSSR count). The number of carbonyl (C=O) groups excluding carboxylic acids is 1. The molecule has 0 saturated heterocycles. The van der Waals surface area contributed by atoms with E-state index < -0.39 is 11.5 Å². The highest BCUT2D eigenvalue weighted by atomic mass is 79.9. The first-order valence-electron chi connectivity index (χ1n) is 5.79. The number of halogens is 1. The first-order valence-corrected chi connectivity index (χ1v) is 7.46. The summed E-state index contributed by atoms with van der Waals surface area (Å²) in [5.41, 5.74) is -0.556. The molecule has 0 radical (unpaired) electrons. The van der Waals surface area contributed by atoms with Crippen LogP contribution in [0.5, 0.6) is 0 Å². The minimum Gasteiger partial charge on any atom is -0.481 e. The van der Waals surface area contributed by atoms with Gasteiger partial charge in [-0.3, -0.25) is 9.59 Å². The minimum atomic E-state index is -0.857. The smallest absolute Gasteiger partial charge is 0.305 e. The second kappa shape index (κ2) is 5.40. The van der Waals surface area contributed by atoms with Crippen LogP contribution in [-0.4, -0.2) is 22.5 Å². The molecule has 0 aromatic carbocycles.